The zero-order valence-corrected chi connectivity index (χ0v) is 15.1. The van der Waals surface area contributed by atoms with Crippen LogP contribution in [-0.4, -0.2) is 41.8 Å². The van der Waals surface area contributed by atoms with Crippen molar-refractivity contribution in [3.63, 3.8) is 0 Å². The smallest absolute Gasteiger partial charge is 0.287 e. The molecule has 0 aromatic carbocycles. The Labute approximate surface area is 156 Å². The molecule has 8 nitrogen and oxygen atoms in total. The van der Waals surface area contributed by atoms with Gasteiger partial charge in [0.2, 0.25) is 11.8 Å². The van der Waals surface area contributed by atoms with E-state index in [0.29, 0.717) is 38.2 Å². The van der Waals surface area contributed by atoms with Crippen molar-refractivity contribution in [3.05, 3.63) is 48.3 Å². The summed E-state index contributed by atoms with van der Waals surface area (Å²) in [5.74, 6) is 0.130. The zero-order valence-electron chi connectivity index (χ0n) is 15.1. The van der Waals surface area contributed by atoms with Crippen LogP contribution in [0, 0.1) is 5.92 Å². The Morgan fingerprint density at radius 2 is 1.85 bits per heavy atom. The average molecular weight is 373 g/mol. The maximum atomic E-state index is 12.5. The number of carbonyl (C=O) groups excluding carboxylic acids is 3. The second-order valence-electron chi connectivity index (χ2n) is 6.57. The molecule has 27 heavy (non-hydrogen) atoms. The molecule has 144 valence electrons. The van der Waals surface area contributed by atoms with Gasteiger partial charge < -0.3 is 24.4 Å². The van der Waals surface area contributed by atoms with Crippen LogP contribution >= 0.6 is 0 Å². The minimum Gasteiger partial charge on any atom is -0.467 e. The van der Waals surface area contributed by atoms with Gasteiger partial charge in [0.05, 0.1) is 19.1 Å². The van der Waals surface area contributed by atoms with E-state index in [1.807, 2.05) is 0 Å². The zero-order chi connectivity index (χ0) is 19.2. The van der Waals surface area contributed by atoms with Crippen LogP contribution in [0.2, 0.25) is 0 Å². The van der Waals surface area contributed by atoms with Crippen LogP contribution in [-0.2, 0) is 16.1 Å². The van der Waals surface area contributed by atoms with E-state index in [2.05, 4.69) is 10.6 Å². The van der Waals surface area contributed by atoms with E-state index < -0.39 is 11.9 Å². The number of hydrogen-bond donors (Lipinski definition) is 2. The first-order chi connectivity index (χ1) is 13.0. The Morgan fingerprint density at radius 3 is 2.48 bits per heavy atom. The lowest BCUT2D eigenvalue weighted by Gasteiger charge is -2.33. The standard InChI is InChI=1S/C19H23N3O5/c1-13(21-18(24)16-5-3-11-27-16)19(25)22-8-6-14(7-9-22)17(23)20-12-15-4-2-10-26-15/h2-5,10-11,13-14H,6-9,12H2,1H3,(H,20,23)(H,21,24)/t13-/m1/s1. The normalized spacial score (nSPS) is 16.0. The highest BCUT2D eigenvalue weighted by Gasteiger charge is 2.30. The highest BCUT2D eigenvalue weighted by Crippen LogP contribution is 2.18. The van der Waals surface area contributed by atoms with E-state index in [1.54, 1.807) is 42.4 Å². The molecule has 3 amide bonds. The van der Waals surface area contributed by atoms with Crippen LogP contribution in [0.4, 0.5) is 0 Å². The minimum atomic E-state index is -0.660. The predicted molar refractivity (Wildman–Crippen MR) is 95.5 cm³/mol. The quantitative estimate of drug-likeness (QED) is 0.799. The summed E-state index contributed by atoms with van der Waals surface area (Å²) in [4.78, 5) is 38.4. The molecule has 0 unspecified atom stereocenters. The molecule has 0 spiro atoms. The lowest BCUT2D eigenvalue weighted by Crippen LogP contribution is -2.50. The third-order valence-electron chi connectivity index (χ3n) is 4.66. The van der Waals surface area contributed by atoms with Crippen molar-refractivity contribution in [1.82, 2.24) is 15.5 Å². The molecule has 2 aromatic rings. The predicted octanol–water partition coefficient (Wildman–Crippen LogP) is 1.55. The summed E-state index contributed by atoms with van der Waals surface area (Å²) < 4.78 is 10.2. The minimum absolute atomic E-state index is 0.0299. The summed E-state index contributed by atoms with van der Waals surface area (Å²) in [5, 5.41) is 5.50. The fourth-order valence-electron chi connectivity index (χ4n) is 3.10. The Morgan fingerprint density at radius 1 is 1.15 bits per heavy atom. The number of rotatable bonds is 6. The molecule has 1 aliphatic rings. The first kappa shape index (κ1) is 18.8. The fourth-order valence-corrected chi connectivity index (χ4v) is 3.10. The Balaban J connectivity index is 1.43. The summed E-state index contributed by atoms with van der Waals surface area (Å²) >= 11 is 0. The monoisotopic (exact) mass is 373 g/mol. The van der Waals surface area contributed by atoms with Crippen LogP contribution < -0.4 is 10.6 Å². The van der Waals surface area contributed by atoms with E-state index in [9.17, 15) is 14.4 Å². The number of amides is 3. The van der Waals surface area contributed by atoms with Gasteiger partial charge in [-0.3, -0.25) is 14.4 Å². The average Bonchev–Trinajstić information content (AvgIpc) is 3.39. The number of furan rings is 2. The van der Waals surface area contributed by atoms with E-state index in [1.165, 1.54) is 6.26 Å². The SMILES string of the molecule is C[C@@H](NC(=O)c1ccco1)C(=O)N1CCC(C(=O)NCc2ccco2)CC1. The van der Waals surface area contributed by atoms with Crippen LogP contribution in [0.5, 0.6) is 0 Å². The first-order valence-corrected chi connectivity index (χ1v) is 8.98. The molecule has 1 atom stereocenters. The van der Waals surface area contributed by atoms with Crippen molar-refractivity contribution in [2.45, 2.75) is 32.4 Å². The molecule has 2 N–H and O–H groups in total. The summed E-state index contributed by atoms with van der Waals surface area (Å²) in [6, 6.07) is 6.08. The Hall–Kier alpha value is -3.03. The number of likely N-dealkylation sites (tertiary alicyclic amines) is 1. The van der Waals surface area contributed by atoms with Crippen LogP contribution in [0.15, 0.2) is 45.6 Å². The van der Waals surface area contributed by atoms with Crippen LogP contribution in [0.1, 0.15) is 36.1 Å². The molecule has 0 saturated carbocycles. The molecule has 0 aliphatic carbocycles. The van der Waals surface area contributed by atoms with E-state index in [0.717, 1.165) is 0 Å². The molecule has 1 aliphatic heterocycles. The molecular weight excluding hydrogens is 350 g/mol. The Bertz CT molecular complexity index is 761. The van der Waals surface area contributed by atoms with Crippen molar-refractivity contribution < 1.29 is 23.2 Å². The summed E-state index contributed by atoms with van der Waals surface area (Å²) in [5.41, 5.74) is 0. The second kappa shape index (κ2) is 8.57. The number of piperidine rings is 1. The number of carbonyl (C=O) groups is 3. The van der Waals surface area contributed by atoms with Crippen molar-refractivity contribution in [1.29, 1.82) is 0 Å². The largest absolute Gasteiger partial charge is 0.467 e. The summed E-state index contributed by atoms with van der Waals surface area (Å²) in [6.07, 6.45) is 4.16. The van der Waals surface area contributed by atoms with Crippen LogP contribution in [0.25, 0.3) is 0 Å². The fraction of sp³-hybridized carbons (Fsp3) is 0.421. The lowest BCUT2D eigenvalue weighted by atomic mass is 9.95. The first-order valence-electron chi connectivity index (χ1n) is 8.98. The third-order valence-corrected chi connectivity index (χ3v) is 4.66. The molecular formula is C19H23N3O5. The molecule has 3 heterocycles. The van der Waals surface area contributed by atoms with Crippen molar-refractivity contribution in [2.24, 2.45) is 5.92 Å². The van der Waals surface area contributed by atoms with Gasteiger partial charge in [-0.1, -0.05) is 0 Å². The van der Waals surface area contributed by atoms with Gasteiger partial charge in [0.1, 0.15) is 11.8 Å². The molecule has 0 bridgehead atoms. The van der Waals surface area contributed by atoms with E-state index >= 15 is 0 Å². The van der Waals surface area contributed by atoms with Gasteiger partial charge in [0.25, 0.3) is 5.91 Å². The third kappa shape index (κ3) is 4.78. The van der Waals surface area contributed by atoms with Gasteiger partial charge in [-0.2, -0.15) is 0 Å². The van der Waals surface area contributed by atoms with Crippen LogP contribution in [0.3, 0.4) is 0 Å². The van der Waals surface area contributed by atoms with Gasteiger partial charge in [-0.05, 0) is 44.0 Å². The summed E-state index contributed by atoms with van der Waals surface area (Å²) in [6.45, 7) is 2.98. The molecule has 2 aromatic heterocycles. The topological polar surface area (TPSA) is 105 Å². The Kier molecular flexibility index (Phi) is 5.95. The second-order valence-corrected chi connectivity index (χ2v) is 6.57. The molecule has 3 rings (SSSR count). The number of hydrogen-bond acceptors (Lipinski definition) is 5. The summed E-state index contributed by atoms with van der Waals surface area (Å²) in [7, 11) is 0. The lowest BCUT2D eigenvalue weighted by molar-refractivity contribution is -0.136. The number of nitrogens with one attached hydrogen (secondary N) is 2. The highest BCUT2D eigenvalue weighted by molar-refractivity contribution is 5.95. The van der Waals surface area contributed by atoms with Crippen molar-refractivity contribution in [2.75, 3.05) is 13.1 Å². The number of nitrogens with zero attached hydrogens (tertiary/aromatic N) is 1. The molecule has 0 radical (unpaired) electrons. The maximum Gasteiger partial charge on any atom is 0.287 e. The van der Waals surface area contributed by atoms with Crippen molar-refractivity contribution >= 4 is 17.7 Å². The van der Waals surface area contributed by atoms with Gasteiger partial charge in [0.15, 0.2) is 5.76 Å². The molecule has 1 saturated heterocycles. The van der Waals surface area contributed by atoms with Crippen molar-refractivity contribution in [3.8, 4) is 0 Å². The van der Waals surface area contributed by atoms with Gasteiger partial charge in [-0.15, -0.1) is 0 Å². The highest BCUT2D eigenvalue weighted by atomic mass is 16.3. The van der Waals surface area contributed by atoms with Gasteiger partial charge in [0, 0.05) is 19.0 Å². The van der Waals surface area contributed by atoms with Gasteiger partial charge >= 0.3 is 0 Å². The van der Waals surface area contributed by atoms with E-state index in [-0.39, 0.29) is 23.5 Å². The van der Waals surface area contributed by atoms with Gasteiger partial charge in [-0.25, -0.2) is 0 Å². The maximum absolute atomic E-state index is 12.5. The molecule has 8 heteroatoms. The molecule has 1 fully saturated rings. The van der Waals surface area contributed by atoms with E-state index in [4.69, 9.17) is 8.83 Å².